The van der Waals surface area contributed by atoms with Gasteiger partial charge in [0, 0.05) is 105 Å². The number of hydrogen-bond acceptors (Lipinski definition) is 26. The number of aliphatic hydroxyl groups excluding tert-OH is 9. The van der Waals surface area contributed by atoms with E-state index in [0.29, 0.717) is 26.0 Å². The molecule has 2 aliphatic heterocycles. The molecule has 1 saturated carbocycles. The molecule has 15 atom stereocenters. The summed E-state index contributed by atoms with van der Waals surface area (Å²) in [5.74, 6) is -4.50. The van der Waals surface area contributed by atoms with Crippen molar-refractivity contribution >= 4 is 47.3 Å². The van der Waals surface area contributed by atoms with Crippen molar-refractivity contribution in [1.82, 2.24) is 42.5 Å². The first-order valence-corrected chi connectivity index (χ1v) is 32.8. The van der Waals surface area contributed by atoms with Crippen molar-refractivity contribution in [2.75, 3.05) is 112 Å². The molecule has 17 N–H and O–H groups in total. The molecule has 34 heteroatoms. The molecule has 0 bridgehead atoms. The maximum Gasteiger partial charge on any atom is 0.222 e. The summed E-state index contributed by atoms with van der Waals surface area (Å²) in [4.78, 5) is 102. The van der Waals surface area contributed by atoms with E-state index in [1.807, 2.05) is 20.8 Å². The van der Waals surface area contributed by atoms with Crippen LogP contribution < -0.4 is 42.5 Å². The van der Waals surface area contributed by atoms with Crippen LogP contribution in [0.3, 0.4) is 0 Å². The average molecular weight is 1370 g/mol. The summed E-state index contributed by atoms with van der Waals surface area (Å²) in [6, 6.07) is -3.25. The fourth-order valence-corrected chi connectivity index (χ4v) is 10.5. The molecule has 0 spiro atoms. The topological polar surface area (TPSA) is 498 Å². The van der Waals surface area contributed by atoms with E-state index in [1.165, 1.54) is 20.8 Å². The van der Waals surface area contributed by atoms with E-state index in [4.69, 9.17) is 42.6 Å². The average Bonchev–Trinajstić information content (AvgIpc) is 0.840. The lowest BCUT2D eigenvalue weighted by molar-refractivity contribution is -0.270. The third-order valence-electron chi connectivity index (χ3n) is 15.5. The Kier molecular flexibility index (Phi) is 40.4. The van der Waals surface area contributed by atoms with Gasteiger partial charge in [0.1, 0.15) is 60.4 Å². The monoisotopic (exact) mass is 1370 g/mol. The lowest BCUT2D eigenvalue weighted by Crippen LogP contribution is -2.64. The Morgan fingerprint density at radius 2 is 0.800 bits per heavy atom. The summed E-state index contributed by atoms with van der Waals surface area (Å²) in [5.41, 5.74) is -1.79. The molecule has 0 aromatic rings. The van der Waals surface area contributed by atoms with E-state index in [2.05, 4.69) is 42.5 Å². The van der Waals surface area contributed by atoms with Gasteiger partial charge in [0.25, 0.3) is 0 Å². The Hall–Kier alpha value is -4.96. The first-order chi connectivity index (χ1) is 45.1. The van der Waals surface area contributed by atoms with E-state index in [-0.39, 0.29) is 142 Å². The van der Waals surface area contributed by atoms with E-state index < -0.39 is 158 Å². The SMILES string of the molecule is CC(=O)N[C@H]1C(O)[C@@H](O)C(CO)O[C@H]1OCCCNC(=O)CCOCC(COCCC(=O)NCCCO[C@@H]1OC(CO)[C@H](O)C(O)[C@@H]1NC(C)=O)(COCCC(=O)NCCCO[C@@H]1CC(CO)[C@H](O)C(O)[C@@H]1NC(C)=O)NC(=O)CCC(=O)NCCCCCCOC(C)(C)C. The maximum atomic E-state index is 13.9. The van der Waals surface area contributed by atoms with Gasteiger partial charge in [-0.25, -0.2) is 0 Å². The third kappa shape index (κ3) is 33.0. The van der Waals surface area contributed by atoms with Gasteiger partial charge in [-0.05, 0) is 59.3 Å². The minimum Gasteiger partial charge on any atom is -0.396 e. The Bertz CT molecular complexity index is 2080. The summed E-state index contributed by atoms with van der Waals surface area (Å²) in [5, 5.41) is 113. The number of nitrogens with one attached hydrogen (secondary N) is 8. The predicted molar refractivity (Wildman–Crippen MR) is 334 cm³/mol. The molecule has 550 valence electrons. The standard InChI is InChI=1S/C61H110N8O26/c1-37(73)66-49-41(30-40(31-70)52(81)55(49)84)90-23-11-20-63-45(77)16-27-87-34-61(69-48(80)15-14-44(76)62-19-9-7-8-10-26-93-60(4,5)6,35-88-28-17-46(78)64-21-12-24-91-58-50(67-38(2)74)56(85)53(82)42(32-71)94-58)36-89-29-18-47(79)65-22-13-25-92-59-51(68-39(3)75)57(86)54(83)43(33-72)95-59/h40-43,49-59,70-72,81-86H,7-36H2,1-6H3,(H,62,76)(H,63,77)(H,64,78)(H,65,79)(H,66,73)(H,67,74)(H,68,75)(H,69,80)/t40?,41-,42?,43?,49-,50+,51+,52+,53+,54+,55?,56?,57?,58-,59-,61?/m1/s1. The number of aliphatic hydroxyl groups is 9. The normalized spacial score (nSPS) is 26.7. The van der Waals surface area contributed by atoms with Crippen LogP contribution in [0.2, 0.25) is 0 Å². The Morgan fingerprint density at radius 1 is 0.421 bits per heavy atom. The van der Waals surface area contributed by atoms with Crippen molar-refractivity contribution in [3.05, 3.63) is 0 Å². The quantitative estimate of drug-likeness (QED) is 0.0253. The first kappa shape index (κ1) is 84.3. The van der Waals surface area contributed by atoms with E-state index in [0.717, 1.165) is 19.3 Å². The van der Waals surface area contributed by atoms with Gasteiger partial charge in [-0.1, -0.05) is 12.8 Å². The molecular weight excluding hydrogens is 1260 g/mol. The molecule has 95 heavy (non-hydrogen) atoms. The van der Waals surface area contributed by atoms with Crippen LogP contribution in [-0.2, 0) is 81.0 Å². The fraction of sp³-hybridized carbons (Fsp3) is 0.869. The number of rotatable bonds is 47. The lowest BCUT2D eigenvalue weighted by atomic mass is 9.79. The van der Waals surface area contributed by atoms with Gasteiger partial charge in [0.05, 0.1) is 89.9 Å². The van der Waals surface area contributed by atoms with Crippen LogP contribution in [0.5, 0.6) is 0 Å². The van der Waals surface area contributed by atoms with Crippen LogP contribution in [0.4, 0.5) is 0 Å². The number of unbranched alkanes of at least 4 members (excludes halogenated alkanes) is 3. The smallest absolute Gasteiger partial charge is 0.222 e. The van der Waals surface area contributed by atoms with Crippen LogP contribution in [0.1, 0.15) is 125 Å². The molecule has 6 unspecified atom stereocenters. The van der Waals surface area contributed by atoms with Gasteiger partial charge < -0.3 is 131 Å². The molecule has 34 nitrogen and oxygen atoms in total. The van der Waals surface area contributed by atoms with Crippen LogP contribution in [0.15, 0.2) is 0 Å². The van der Waals surface area contributed by atoms with Crippen LogP contribution in [-0.4, -0.2) is 302 Å². The second kappa shape index (κ2) is 45.6. The van der Waals surface area contributed by atoms with E-state index in [1.54, 1.807) is 0 Å². The summed E-state index contributed by atoms with van der Waals surface area (Å²) >= 11 is 0. The van der Waals surface area contributed by atoms with Crippen LogP contribution in [0, 0.1) is 5.92 Å². The molecule has 2 saturated heterocycles. The second-order valence-corrected chi connectivity index (χ2v) is 25.0. The zero-order valence-electron chi connectivity index (χ0n) is 55.8. The van der Waals surface area contributed by atoms with Gasteiger partial charge in [0.2, 0.25) is 47.3 Å². The highest BCUT2D eigenvalue weighted by Crippen LogP contribution is 2.29. The number of carbonyl (C=O) groups excluding carboxylic acids is 8. The second-order valence-electron chi connectivity index (χ2n) is 25.0. The molecule has 0 aromatic carbocycles. The number of hydrogen-bond donors (Lipinski definition) is 17. The van der Waals surface area contributed by atoms with Crippen LogP contribution >= 0.6 is 0 Å². The van der Waals surface area contributed by atoms with Crippen molar-refractivity contribution in [3.8, 4) is 0 Å². The largest absolute Gasteiger partial charge is 0.396 e. The van der Waals surface area contributed by atoms with Crippen molar-refractivity contribution in [3.63, 3.8) is 0 Å². The Morgan fingerprint density at radius 3 is 1.21 bits per heavy atom. The minimum atomic E-state index is -1.56. The third-order valence-corrected chi connectivity index (χ3v) is 15.5. The summed E-state index contributed by atoms with van der Waals surface area (Å²) < 4.78 is 52.4. The highest BCUT2D eigenvalue weighted by Gasteiger charge is 2.48. The highest BCUT2D eigenvalue weighted by molar-refractivity contribution is 5.84. The van der Waals surface area contributed by atoms with Crippen molar-refractivity contribution in [2.24, 2.45) is 5.92 Å². The van der Waals surface area contributed by atoms with Crippen molar-refractivity contribution in [1.29, 1.82) is 0 Å². The zero-order chi connectivity index (χ0) is 70.5. The molecule has 0 radical (unpaired) electrons. The van der Waals surface area contributed by atoms with Crippen molar-refractivity contribution < 1.29 is 127 Å². The van der Waals surface area contributed by atoms with E-state index in [9.17, 15) is 84.3 Å². The summed E-state index contributed by atoms with van der Waals surface area (Å²) in [7, 11) is 0. The molecular formula is C61H110N8O26. The number of carbonyl (C=O) groups is 8. The number of ether oxygens (including phenoxy) is 9. The highest BCUT2D eigenvalue weighted by atomic mass is 16.7. The van der Waals surface area contributed by atoms with Gasteiger partial charge in [-0.3, -0.25) is 38.4 Å². The Balaban J connectivity index is 1.68. The van der Waals surface area contributed by atoms with Gasteiger partial charge >= 0.3 is 0 Å². The van der Waals surface area contributed by atoms with Gasteiger partial charge in [-0.2, -0.15) is 0 Å². The maximum absolute atomic E-state index is 13.9. The van der Waals surface area contributed by atoms with Crippen LogP contribution in [0.25, 0.3) is 0 Å². The molecule has 3 fully saturated rings. The predicted octanol–water partition coefficient (Wildman–Crippen LogP) is -5.60. The summed E-state index contributed by atoms with van der Waals surface area (Å²) in [6.07, 6.45) is -11.0. The van der Waals surface area contributed by atoms with Gasteiger partial charge in [0.15, 0.2) is 12.6 Å². The first-order valence-electron chi connectivity index (χ1n) is 32.8. The zero-order valence-corrected chi connectivity index (χ0v) is 55.8. The molecule has 2 heterocycles. The molecule has 0 aromatic heterocycles. The van der Waals surface area contributed by atoms with Gasteiger partial charge in [-0.15, -0.1) is 0 Å². The fourth-order valence-electron chi connectivity index (χ4n) is 10.5. The van der Waals surface area contributed by atoms with E-state index >= 15 is 0 Å². The molecule has 3 rings (SSSR count). The van der Waals surface area contributed by atoms with Crippen molar-refractivity contribution in [2.45, 2.75) is 222 Å². The Labute approximate surface area is 554 Å². The molecule has 3 aliphatic rings. The minimum absolute atomic E-state index is 0.0373. The molecule has 1 aliphatic carbocycles. The number of amides is 8. The lowest BCUT2D eigenvalue weighted by Gasteiger charge is -2.42. The molecule has 8 amide bonds. The summed E-state index contributed by atoms with van der Waals surface area (Å²) in [6.45, 7) is 7.66.